The average molecular weight is 438 g/mol. The van der Waals surface area contributed by atoms with Crippen molar-refractivity contribution in [3.05, 3.63) is 108 Å². The fourth-order valence-electron chi connectivity index (χ4n) is 3.48. The van der Waals surface area contributed by atoms with Crippen LogP contribution in [0.1, 0.15) is 29.0 Å². The van der Waals surface area contributed by atoms with Crippen molar-refractivity contribution in [1.29, 1.82) is 0 Å². The van der Waals surface area contributed by atoms with E-state index in [1.165, 1.54) is 14.2 Å². The van der Waals surface area contributed by atoms with E-state index in [-0.39, 0.29) is 0 Å². The molecular formula is C25H27O5P. The molecule has 3 aromatic rings. The van der Waals surface area contributed by atoms with Gasteiger partial charge >= 0.3 is 13.6 Å². The lowest BCUT2D eigenvalue weighted by Gasteiger charge is -2.26. The Hall–Kier alpha value is -2.72. The molecule has 0 aliphatic heterocycles. The van der Waals surface area contributed by atoms with E-state index in [4.69, 9.17) is 13.8 Å². The highest BCUT2D eigenvalue weighted by molar-refractivity contribution is 7.54. The van der Waals surface area contributed by atoms with Gasteiger partial charge in [-0.3, -0.25) is 9.36 Å². The fourth-order valence-corrected chi connectivity index (χ4v) is 4.78. The maximum Gasteiger partial charge on any atom is 0.370 e. The molecule has 0 unspecified atom stereocenters. The van der Waals surface area contributed by atoms with Crippen molar-refractivity contribution < 1.29 is 23.1 Å². The molecule has 3 rings (SSSR count). The first-order valence-corrected chi connectivity index (χ1v) is 11.7. The van der Waals surface area contributed by atoms with Crippen LogP contribution in [0.5, 0.6) is 0 Å². The molecule has 31 heavy (non-hydrogen) atoms. The van der Waals surface area contributed by atoms with Crippen molar-refractivity contribution in [1.82, 2.24) is 0 Å². The van der Waals surface area contributed by atoms with Crippen LogP contribution in [0, 0.1) is 0 Å². The zero-order valence-electron chi connectivity index (χ0n) is 17.7. The van der Waals surface area contributed by atoms with Crippen molar-refractivity contribution in [2.75, 3.05) is 14.2 Å². The summed E-state index contributed by atoms with van der Waals surface area (Å²) in [6.07, 6.45) is 0.877. The number of aryl methyl sites for hydroxylation is 1. The minimum Gasteiger partial charge on any atom is -0.449 e. The van der Waals surface area contributed by atoms with Gasteiger partial charge in [-0.05, 0) is 23.1 Å². The second kappa shape index (κ2) is 11.1. The van der Waals surface area contributed by atoms with Crippen molar-refractivity contribution in [2.24, 2.45) is 0 Å². The van der Waals surface area contributed by atoms with E-state index in [1.54, 1.807) is 0 Å². The Kier molecular flexibility index (Phi) is 8.19. The number of ether oxygens (including phenoxy) is 1. The van der Waals surface area contributed by atoms with E-state index in [0.29, 0.717) is 12.8 Å². The summed E-state index contributed by atoms with van der Waals surface area (Å²) in [7, 11) is -1.04. The van der Waals surface area contributed by atoms with Gasteiger partial charge in [0.1, 0.15) is 5.92 Å². The topological polar surface area (TPSA) is 61.8 Å². The molecule has 162 valence electrons. The molecule has 0 radical (unpaired) electrons. The first-order chi connectivity index (χ1) is 15.1. The minimum atomic E-state index is -3.65. The summed E-state index contributed by atoms with van der Waals surface area (Å²) in [4.78, 5) is 13.4. The van der Waals surface area contributed by atoms with E-state index in [9.17, 15) is 9.36 Å². The van der Waals surface area contributed by atoms with Crippen LogP contribution < -0.4 is 0 Å². The van der Waals surface area contributed by atoms with Crippen LogP contribution >= 0.6 is 7.60 Å². The Morgan fingerprint density at radius 1 is 0.774 bits per heavy atom. The van der Waals surface area contributed by atoms with E-state index in [2.05, 4.69) is 0 Å². The van der Waals surface area contributed by atoms with Crippen LogP contribution in [0.3, 0.4) is 0 Å². The van der Waals surface area contributed by atoms with Crippen molar-refractivity contribution in [2.45, 2.75) is 24.6 Å². The maximum absolute atomic E-state index is 13.4. The molecule has 6 heteroatoms. The standard InChI is InChI=1S/C25H27O5P/c1-28-31(27,29-2)23(19-18-20-12-6-3-7-13-20)30-25(26)24(21-14-8-4-9-15-21)22-16-10-5-11-17-22/h3-17,23-24H,18-19H2,1-2H3/t23-/m1/s1. The van der Waals surface area contributed by atoms with Gasteiger partial charge in [-0.2, -0.15) is 0 Å². The minimum absolute atomic E-state index is 0.311. The second-order valence-corrected chi connectivity index (χ2v) is 9.46. The molecule has 5 nitrogen and oxygen atoms in total. The largest absolute Gasteiger partial charge is 0.449 e. The van der Waals surface area contributed by atoms with Crippen LogP contribution in [-0.2, 0) is 29.6 Å². The molecule has 0 spiro atoms. The van der Waals surface area contributed by atoms with E-state index < -0.39 is 25.3 Å². The maximum atomic E-state index is 13.4. The Morgan fingerprint density at radius 2 is 1.23 bits per heavy atom. The number of carbonyl (C=O) groups is 1. The number of hydrogen-bond donors (Lipinski definition) is 0. The summed E-state index contributed by atoms with van der Waals surface area (Å²) < 4.78 is 29.4. The summed E-state index contributed by atoms with van der Waals surface area (Å²) in [5, 5.41) is 0. The number of hydrogen-bond acceptors (Lipinski definition) is 5. The Morgan fingerprint density at radius 3 is 1.68 bits per heavy atom. The molecule has 0 bridgehead atoms. The monoisotopic (exact) mass is 438 g/mol. The summed E-state index contributed by atoms with van der Waals surface area (Å²) in [6, 6.07) is 28.5. The van der Waals surface area contributed by atoms with Crippen LogP contribution in [0.4, 0.5) is 0 Å². The van der Waals surface area contributed by atoms with Gasteiger partial charge in [0, 0.05) is 20.6 Å². The highest BCUT2D eigenvalue weighted by atomic mass is 31.2. The predicted octanol–water partition coefficient (Wildman–Crippen LogP) is 5.81. The summed E-state index contributed by atoms with van der Waals surface area (Å²) in [5.74, 6) is -2.17. The quantitative estimate of drug-likeness (QED) is 0.295. The molecule has 0 saturated carbocycles. The van der Waals surface area contributed by atoms with Crippen molar-refractivity contribution >= 4 is 13.6 Å². The van der Waals surface area contributed by atoms with Gasteiger partial charge in [-0.15, -0.1) is 0 Å². The van der Waals surface area contributed by atoms with E-state index >= 15 is 0 Å². The van der Waals surface area contributed by atoms with Gasteiger partial charge in [-0.1, -0.05) is 91.0 Å². The molecule has 0 aromatic heterocycles. The van der Waals surface area contributed by atoms with Crippen LogP contribution in [0.2, 0.25) is 0 Å². The molecule has 0 saturated heterocycles. The molecule has 1 atom stereocenters. The zero-order chi connectivity index (χ0) is 22.1. The van der Waals surface area contributed by atoms with Gasteiger partial charge in [-0.25, -0.2) is 0 Å². The third-order valence-electron chi connectivity index (χ3n) is 5.14. The third kappa shape index (κ3) is 5.92. The Balaban J connectivity index is 1.88. The molecule has 0 heterocycles. The summed E-state index contributed by atoms with van der Waals surface area (Å²) >= 11 is 0. The van der Waals surface area contributed by atoms with E-state index in [1.807, 2.05) is 91.0 Å². The molecule has 0 fully saturated rings. The van der Waals surface area contributed by atoms with Crippen molar-refractivity contribution in [3.8, 4) is 0 Å². The molecule has 0 aliphatic carbocycles. The molecule has 3 aromatic carbocycles. The number of benzene rings is 3. The lowest BCUT2D eigenvalue weighted by atomic mass is 9.91. The number of esters is 1. The van der Waals surface area contributed by atoms with Crippen molar-refractivity contribution in [3.63, 3.8) is 0 Å². The Labute approximate surface area is 183 Å². The van der Waals surface area contributed by atoms with Gasteiger partial charge in [0.05, 0.1) is 0 Å². The Bertz CT molecular complexity index is 945. The first kappa shape index (κ1) is 23.0. The predicted molar refractivity (Wildman–Crippen MR) is 121 cm³/mol. The highest BCUT2D eigenvalue weighted by Crippen LogP contribution is 2.54. The lowest BCUT2D eigenvalue weighted by Crippen LogP contribution is -2.25. The first-order valence-electron chi connectivity index (χ1n) is 10.1. The zero-order valence-corrected chi connectivity index (χ0v) is 18.6. The average Bonchev–Trinajstić information content (AvgIpc) is 2.83. The molecule has 0 N–H and O–H groups in total. The van der Waals surface area contributed by atoms with Crippen LogP contribution in [0.15, 0.2) is 91.0 Å². The summed E-state index contributed by atoms with van der Waals surface area (Å²) in [6.45, 7) is 0. The molecule has 0 aliphatic rings. The van der Waals surface area contributed by atoms with Gasteiger partial charge in [0.2, 0.25) is 5.85 Å². The SMILES string of the molecule is COP(=O)(OC)[C@H](CCc1ccccc1)OC(=O)C(c1ccccc1)c1ccccc1. The number of rotatable bonds is 10. The smallest absolute Gasteiger partial charge is 0.370 e. The lowest BCUT2D eigenvalue weighted by molar-refractivity contribution is -0.147. The van der Waals surface area contributed by atoms with Gasteiger partial charge in [0.15, 0.2) is 0 Å². The second-order valence-electron chi connectivity index (χ2n) is 7.08. The molecular weight excluding hydrogens is 411 g/mol. The van der Waals surface area contributed by atoms with E-state index in [0.717, 1.165) is 16.7 Å². The van der Waals surface area contributed by atoms with Gasteiger partial charge < -0.3 is 13.8 Å². The summed E-state index contributed by atoms with van der Waals surface area (Å²) in [5.41, 5.74) is 2.64. The number of carbonyl (C=O) groups excluding carboxylic acids is 1. The van der Waals surface area contributed by atoms with Crippen LogP contribution in [0.25, 0.3) is 0 Å². The van der Waals surface area contributed by atoms with Gasteiger partial charge in [0.25, 0.3) is 0 Å². The van der Waals surface area contributed by atoms with Crippen LogP contribution in [-0.4, -0.2) is 26.0 Å². The fraction of sp³-hybridized carbons (Fsp3) is 0.240. The normalized spacial score (nSPS) is 12.5. The molecule has 0 amide bonds. The third-order valence-corrected chi connectivity index (χ3v) is 7.23. The highest BCUT2D eigenvalue weighted by Gasteiger charge is 2.39.